The second-order valence-electron chi connectivity index (χ2n) is 6.93. The SMILES string of the molecule is N#Cc1cc(/C(=C\n2cnc(-c3cc(C4CC4)nc(C(F)(F)F)c3)n2)C(N)=O)ccn1. The number of nitriles is 1. The average Bonchev–Trinajstić information content (AvgIpc) is 3.49. The van der Waals surface area contributed by atoms with Crippen molar-refractivity contribution >= 4 is 17.7 Å². The molecule has 11 heteroatoms. The van der Waals surface area contributed by atoms with Crippen LogP contribution in [0.15, 0.2) is 36.8 Å². The van der Waals surface area contributed by atoms with Crippen LogP contribution >= 0.6 is 0 Å². The first-order chi connectivity index (χ1) is 14.7. The molecule has 1 fully saturated rings. The Kier molecular flexibility index (Phi) is 4.98. The van der Waals surface area contributed by atoms with Gasteiger partial charge in [0.15, 0.2) is 5.82 Å². The lowest BCUT2D eigenvalue weighted by molar-refractivity contribution is -0.141. The van der Waals surface area contributed by atoms with E-state index in [-0.39, 0.29) is 28.6 Å². The van der Waals surface area contributed by atoms with Crippen molar-refractivity contribution in [1.82, 2.24) is 24.7 Å². The number of carbonyl (C=O) groups is 1. The van der Waals surface area contributed by atoms with Crippen molar-refractivity contribution in [1.29, 1.82) is 5.26 Å². The van der Waals surface area contributed by atoms with E-state index in [1.165, 1.54) is 35.5 Å². The second kappa shape index (κ2) is 7.64. The van der Waals surface area contributed by atoms with Gasteiger partial charge in [0.1, 0.15) is 23.8 Å². The third-order valence-electron chi connectivity index (χ3n) is 4.61. The maximum Gasteiger partial charge on any atom is 0.433 e. The van der Waals surface area contributed by atoms with Crippen LogP contribution in [-0.2, 0) is 11.0 Å². The van der Waals surface area contributed by atoms with Gasteiger partial charge in [0, 0.05) is 29.6 Å². The molecular weight excluding hydrogens is 411 g/mol. The van der Waals surface area contributed by atoms with E-state index in [1.54, 1.807) is 6.07 Å². The van der Waals surface area contributed by atoms with Crippen LogP contribution in [0.25, 0.3) is 23.2 Å². The number of aromatic nitrogens is 5. The van der Waals surface area contributed by atoms with E-state index in [1.807, 2.05) is 6.07 Å². The van der Waals surface area contributed by atoms with Crippen molar-refractivity contribution in [2.75, 3.05) is 0 Å². The molecule has 0 spiro atoms. The molecule has 3 aromatic heterocycles. The molecule has 0 unspecified atom stereocenters. The van der Waals surface area contributed by atoms with Crippen LogP contribution in [0.2, 0.25) is 0 Å². The zero-order valence-electron chi connectivity index (χ0n) is 15.8. The van der Waals surface area contributed by atoms with Gasteiger partial charge < -0.3 is 5.73 Å². The number of hydrogen-bond donors (Lipinski definition) is 1. The van der Waals surface area contributed by atoms with Crippen molar-refractivity contribution in [2.45, 2.75) is 24.9 Å². The molecule has 3 heterocycles. The van der Waals surface area contributed by atoms with Crippen LogP contribution in [-0.4, -0.2) is 30.6 Å². The number of carbonyl (C=O) groups excluding carboxylic acids is 1. The molecule has 156 valence electrons. The van der Waals surface area contributed by atoms with E-state index < -0.39 is 17.8 Å². The Balaban J connectivity index is 1.73. The zero-order chi connectivity index (χ0) is 22.2. The molecule has 0 aliphatic heterocycles. The van der Waals surface area contributed by atoms with Crippen molar-refractivity contribution in [3.8, 4) is 17.5 Å². The van der Waals surface area contributed by atoms with E-state index in [9.17, 15) is 18.0 Å². The number of nitrogens with two attached hydrogens (primary N) is 1. The predicted octanol–water partition coefficient (Wildman–Crippen LogP) is 2.99. The second-order valence-corrected chi connectivity index (χ2v) is 6.93. The summed E-state index contributed by atoms with van der Waals surface area (Å²) in [7, 11) is 0. The Labute approximate surface area is 173 Å². The molecule has 1 aliphatic carbocycles. The third kappa shape index (κ3) is 4.42. The average molecular weight is 425 g/mol. The summed E-state index contributed by atoms with van der Waals surface area (Å²) in [5.74, 6) is -0.737. The standard InChI is InChI=1S/C20H14F3N7O/c21-20(22,23)17-7-13(6-16(28-17)11-1-2-11)19-27-10-30(29-19)9-15(18(25)31)12-3-4-26-14(5-12)8-24/h3-7,9-11H,1-2H2,(H2,25,31)/b15-9+. The lowest BCUT2D eigenvalue weighted by Crippen LogP contribution is -2.14. The number of nitrogens with zero attached hydrogens (tertiary/aromatic N) is 6. The van der Waals surface area contributed by atoms with Gasteiger partial charge in [-0.2, -0.15) is 18.4 Å². The van der Waals surface area contributed by atoms with Crippen LogP contribution in [0, 0.1) is 11.3 Å². The van der Waals surface area contributed by atoms with E-state index in [2.05, 4.69) is 20.1 Å². The van der Waals surface area contributed by atoms with Crippen molar-refractivity contribution < 1.29 is 18.0 Å². The fraction of sp³-hybridized carbons (Fsp3) is 0.200. The highest BCUT2D eigenvalue weighted by atomic mass is 19.4. The minimum absolute atomic E-state index is 0.00511. The highest BCUT2D eigenvalue weighted by molar-refractivity contribution is 6.22. The predicted molar refractivity (Wildman–Crippen MR) is 103 cm³/mol. The fourth-order valence-electron chi connectivity index (χ4n) is 2.96. The first-order valence-electron chi connectivity index (χ1n) is 9.13. The monoisotopic (exact) mass is 425 g/mol. The maximum atomic E-state index is 13.3. The summed E-state index contributed by atoms with van der Waals surface area (Å²) in [6, 6.07) is 7.19. The molecule has 2 N–H and O–H groups in total. The first-order valence-corrected chi connectivity index (χ1v) is 9.13. The molecule has 0 atom stereocenters. The van der Waals surface area contributed by atoms with E-state index >= 15 is 0 Å². The molecule has 8 nitrogen and oxygen atoms in total. The highest BCUT2D eigenvalue weighted by Gasteiger charge is 2.35. The largest absolute Gasteiger partial charge is 0.433 e. The summed E-state index contributed by atoms with van der Waals surface area (Å²) >= 11 is 0. The van der Waals surface area contributed by atoms with E-state index in [0.717, 1.165) is 18.9 Å². The van der Waals surface area contributed by atoms with Crippen LogP contribution in [0.4, 0.5) is 13.2 Å². The van der Waals surface area contributed by atoms with Crippen LogP contribution < -0.4 is 5.73 Å². The Morgan fingerprint density at radius 2 is 2.03 bits per heavy atom. The molecule has 0 saturated heterocycles. The number of alkyl halides is 3. The number of hydrogen-bond acceptors (Lipinski definition) is 6. The maximum absolute atomic E-state index is 13.3. The first kappa shape index (κ1) is 20.2. The Hall–Kier alpha value is -4.07. The molecule has 31 heavy (non-hydrogen) atoms. The lowest BCUT2D eigenvalue weighted by Gasteiger charge is -2.09. The quantitative estimate of drug-likeness (QED) is 0.627. The van der Waals surface area contributed by atoms with Crippen molar-refractivity contribution in [2.24, 2.45) is 5.73 Å². The van der Waals surface area contributed by atoms with Gasteiger partial charge in [-0.1, -0.05) is 0 Å². The molecule has 4 rings (SSSR count). The number of amides is 1. The Bertz CT molecular complexity index is 1240. The molecule has 0 radical (unpaired) electrons. The summed E-state index contributed by atoms with van der Waals surface area (Å²) < 4.78 is 41.0. The summed E-state index contributed by atoms with van der Waals surface area (Å²) in [5.41, 5.74) is 5.44. The van der Waals surface area contributed by atoms with Crippen molar-refractivity contribution in [3.63, 3.8) is 0 Å². The van der Waals surface area contributed by atoms with Gasteiger partial charge in [0.05, 0.1) is 5.57 Å². The molecule has 1 saturated carbocycles. The number of halogens is 3. The number of primary amides is 1. The van der Waals surface area contributed by atoms with Crippen LogP contribution in [0.5, 0.6) is 0 Å². The van der Waals surface area contributed by atoms with Gasteiger partial charge in [-0.25, -0.2) is 19.6 Å². The topological polar surface area (TPSA) is 123 Å². The third-order valence-corrected chi connectivity index (χ3v) is 4.61. The van der Waals surface area contributed by atoms with E-state index in [4.69, 9.17) is 11.0 Å². The summed E-state index contributed by atoms with van der Waals surface area (Å²) in [4.78, 5) is 23.6. The smallest absolute Gasteiger partial charge is 0.366 e. The Morgan fingerprint density at radius 1 is 1.26 bits per heavy atom. The number of rotatable bonds is 5. The highest BCUT2D eigenvalue weighted by Crippen LogP contribution is 2.41. The molecule has 0 aromatic carbocycles. The van der Waals surface area contributed by atoms with Crippen LogP contribution in [0.3, 0.4) is 0 Å². The molecule has 0 bridgehead atoms. The zero-order valence-corrected chi connectivity index (χ0v) is 15.8. The van der Waals surface area contributed by atoms with Crippen LogP contribution in [0.1, 0.15) is 41.4 Å². The summed E-state index contributed by atoms with van der Waals surface area (Å²) in [6.45, 7) is 0. The lowest BCUT2D eigenvalue weighted by atomic mass is 10.1. The molecule has 3 aromatic rings. The summed E-state index contributed by atoms with van der Waals surface area (Å²) in [6.07, 6.45) is 0.861. The van der Waals surface area contributed by atoms with Gasteiger partial charge >= 0.3 is 6.18 Å². The van der Waals surface area contributed by atoms with Crippen molar-refractivity contribution in [3.05, 3.63) is 59.4 Å². The van der Waals surface area contributed by atoms with Gasteiger partial charge in [-0.3, -0.25) is 4.79 Å². The van der Waals surface area contributed by atoms with Gasteiger partial charge in [-0.05, 0) is 42.7 Å². The van der Waals surface area contributed by atoms with Gasteiger partial charge in [-0.15, -0.1) is 5.10 Å². The number of pyridine rings is 2. The normalized spacial score (nSPS) is 14.3. The van der Waals surface area contributed by atoms with Gasteiger partial charge in [0.2, 0.25) is 0 Å². The minimum atomic E-state index is -4.60. The summed E-state index contributed by atoms with van der Waals surface area (Å²) in [5, 5.41) is 13.1. The molecule has 1 aliphatic rings. The Morgan fingerprint density at radius 3 is 2.68 bits per heavy atom. The minimum Gasteiger partial charge on any atom is -0.366 e. The molecular formula is C20H14F3N7O. The van der Waals surface area contributed by atoms with Gasteiger partial charge in [0.25, 0.3) is 5.91 Å². The fourth-order valence-corrected chi connectivity index (χ4v) is 2.96. The van der Waals surface area contributed by atoms with E-state index in [0.29, 0.717) is 11.3 Å². The molecule has 1 amide bonds.